The van der Waals surface area contributed by atoms with Crippen LogP contribution in [0.2, 0.25) is 0 Å². The predicted octanol–water partition coefficient (Wildman–Crippen LogP) is 14.8. The van der Waals surface area contributed by atoms with E-state index < -0.39 is 13.9 Å². The van der Waals surface area contributed by atoms with Crippen molar-refractivity contribution in [3.8, 4) is 0 Å². The Morgan fingerprint density at radius 3 is 1.34 bits per heavy atom. The Kier molecular flexibility index (Phi) is 42.6. The number of likely N-dealkylation sites (N-methyl/N-ethyl adjacent to an activating group) is 1. The van der Waals surface area contributed by atoms with E-state index in [1.807, 2.05) is 21.1 Å². The molecule has 0 heterocycles. The lowest BCUT2D eigenvalue weighted by Crippen LogP contribution is -2.37. The molecule has 0 aromatic rings. The quantitative estimate of drug-likeness (QED) is 0.0214. The molecule has 352 valence electrons. The molecule has 61 heavy (non-hydrogen) atoms. The Morgan fingerprint density at radius 1 is 0.508 bits per heavy atom. The second-order valence-corrected chi connectivity index (χ2v) is 18.5. The lowest BCUT2D eigenvalue weighted by atomic mass is 10.1. The number of phosphoric acid groups is 1. The summed E-state index contributed by atoms with van der Waals surface area (Å²) in [5, 5.41) is 0. The summed E-state index contributed by atoms with van der Waals surface area (Å²) in [7, 11) is 1.64. The summed E-state index contributed by atoms with van der Waals surface area (Å²) in [6.07, 6.45) is 59.0. The van der Waals surface area contributed by atoms with Crippen LogP contribution in [0.25, 0.3) is 0 Å². The van der Waals surface area contributed by atoms with Gasteiger partial charge in [0.05, 0.1) is 34.4 Å². The Hall–Kier alpha value is -2.32. The Morgan fingerprint density at radius 2 is 0.902 bits per heavy atom. The third kappa shape index (κ3) is 48.6. The maximum Gasteiger partial charge on any atom is 0.472 e. The van der Waals surface area contributed by atoms with E-state index in [4.69, 9.17) is 18.5 Å². The van der Waals surface area contributed by atoms with Crippen LogP contribution in [0.3, 0.4) is 0 Å². The van der Waals surface area contributed by atoms with Gasteiger partial charge in [-0.2, -0.15) is 0 Å². The molecule has 0 saturated heterocycles. The number of quaternary nitrogens is 1. The molecule has 1 N–H and O–H groups in total. The van der Waals surface area contributed by atoms with Gasteiger partial charge in [0, 0.05) is 13.0 Å². The van der Waals surface area contributed by atoms with Gasteiger partial charge in [-0.05, 0) is 83.5 Å². The first-order chi connectivity index (χ1) is 29.6. The maximum atomic E-state index is 12.8. The minimum atomic E-state index is -4.29. The molecule has 0 radical (unpaired) electrons. The van der Waals surface area contributed by atoms with Crippen LogP contribution >= 0.6 is 7.82 Å². The molecule has 0 amide bonds. The summed E-state index contributed by atoms with van der Waals surface area (Å²) in [5.41, 5.74) is 0. The van der Waals surface area contributed by atoms with Gasteiger partial charge in [0.1, 0.15) is 19.3 Å². The van der Waals surface area contributed by atoms with Crippen LogP contribution in [-0.2, 0) is 27.9 Å². The lowest BCUT2D eigenvalue weighted by molar-refractivity contribution is -0.870. The molecular weight excluding hydrogens is 782 g/mol. The zero-order valence-electron chi connectivity index (χ0n) is 39.9. The zero-order valence-corrected chi connectivity index (χ0v) is 40.8. The van der Waals surface area contributed by atoms with E-state index in [9.17, 15) is 14.3 Å². The van der Waals surface area contributed by atoms with Crippen LogP contribution in [0.1, 0.15) is 181 Å². The second-order valence-electron chi connectivity index (χ2n) is 17.1. The van der Waals surface area contributed by atoms with Crippen molar-refractivity contribution in [1.29, 1.82) is 0 Å². The number of unbranched alkanes of at least 4 members (excludes halogenated alkanes) is 16. The first-order valence-electron chi connectivity index (χ1n) is 24.3. The number of hydrogen-bond donors (Lipinski definition) is 1. The number of allylic oxidation sites excluding steroid dienone is 14. The van der Waals surface area contributed by atoms with E-state index in [0.717, 1.165) is 89.9 Å². The number of nitrogens with zero attached hydrogens (tertiary/aromatic N) is 1. The van der Waals surface area contributed by atoms with Crippen molar-refractivity contribution < 1.29 is 37.3 Å². The normalized spacial score (nSPS) is 14.4. The van der Waals surface area contributed by atoms with Crippen molar-refractivity contribution in [2.24, 2.45) is 0 Å². The monoisotopic (exact) mass is 875 g/mol. The third-order valence-corrected chi connectivity index (χ3v) is 10.9. The molecule has 0 aliphatic rings. The molecule has 0 saturated carbocycles. The first-order valence-corrected chi connectivity index (χ1v) is 25.8. The van der Waals surface area contributed by atoms with Crippen molar-refractivity contribution in [1.82, 2.24) is 0 Å². The van der Waals surface area contributed by atoms with Crippen LogP contribution in [-0.4, -0.2) is 75.6 Å². The summed E-state index contributed by atoms with van der Waals surface area (Å²) in [5.74, 6) is -0.328. The highest BCUT2D eigenvalue weighted by molar-refractivity contribution is 7.47. The summed E-state index contributed by atoms with van der Waals surface area (Å²) >= 11 is 0. The van der Waals surface area contributed by atoms with Crippen molar-refractivity contribution in [2.45, 2.75) is 187 Å². The number of hydrogen-bond acceptors (Lipinski definition) is 6. The van der Waals surface area contributed by atoms with E-state index in [-0.39, 0.29) is 25.8 Å². The molecule has 0 rings (SSSR count). The number of carbonyl (C=O) groups is 1. The average molecular weight is 875 g/mol. The molecule has 2 atom stereocenters. The van der Waals surface area contributed by atoms with Crippen molar-refractivity contribution in [3.63, 3.8) is 0 Å². The Labute approximate surface area is 375 Å². The second kappa shape index (κ2) is 44.3. The summed E-state index contributed by atoms with van der Waals surface area (Å²) < 4.78 is 35.1. The zero-order chi connectivity index (χ0) is 44.8. The minimum Gasteiger partial charge on any atom is -0.457 e. The van der Waals surface area contributed by atoms with Gasteiger partial charge in [0.25, 0.3) is 0 Å². The van der Waals surface area contributed by atoms with Gasteiger partial charge in [-0.1, -0.05) is 176 Å². The van der Waals surface area contributed by atoms with Gasteiger partial charge in [-0.15, -0.1) is 0 Å². The lowest BCUT2D eigenvalue weighted by Gasteiger charge is -2.24. The summed E-state index contributed by atoms with van der Waals surface area (Å²) in [4.78, 5) is 23.0. The number of esters is 1. The van der Waals surface area contributed by atoms with Crippen LogP contribution < -0.4 is 0 Å². The number of ether oxygens (including phenoxy) is 2. The fourth-order valence-corrected chi connectivity index (χ4v) is 7.01. The standard InChI is InChI=1S/C52H92NO7P/c1-6-8-10-12-14-16-18-20-22-24-26-27-28-29-31-33-35-37-39-41-43-45-52(54)60-51(50-59-61(55,56)58-48-46-53(3,4)5)49-57-47-44-42-40-38-36-34-32-30-25-23-21-19-17-15-13-11-9-7-2/h8-11,14-17,20-23,26-27,51H,6-7,12-13,18-19,24-25,28-50H2,1-5H3/p+1/b10-8-,11-9-,16-14-,17-15-,22-20-,23-21-,27-26-. The van der Waals surface area contributed by atoms with Crippen LogP contribution in [0.4, 0.5) is 0 Å². The van der Waals surface area contributed by atoms with E-state index >= 15 is 0 Å². The summed E-state index contributed by atoms with van der Waals surface area (Å²) in [6.45, 7) is 5.36. The Bertz CT molecular complexity index is 1250. The van der Waals surface area contributed by atoms with Gasteiger partial charge >= 0.3 is 13.8 Å². The van der Waals surface area contributed by atoms with Crippen molar-refractivity contribution in [3.05, 3.63) is 85.1 Å². The third-order valence-electron chi connectivity index (χ3n) is 9.95. The van der Waals surface area contributed by atoms with Gasteiger partial charge in [-0.3, -0.25) is 13.8 Å². The molecule has 0 aromatic carbocycles. The first kappa shape index (κ1) is 58.7. The highest BCUT2D eigenvalue weighted by Crippen LogP contribution is 2.43. The molecule has 0 bridgehead atoms. The fraction of sp³-hybridized carbons (Fsp3) is 0.712. The number of rotatable bonds is 44. The topological polar surface area (TPSA) is 91.3 Å². The van der Waals surface area contributed by atoms with E-state index in [2.05, 4.69) is 98.9 Å². The van der Waals surface area contributed by atoms with Gasteiger partial charge in [0.2, 0.25) is 0 Å². The molecule has 8 nitrogen and oxygen atoms in total. The predicted molar refractivity (Wildman–Crippen MR) is 261 cm³/mol. The molecule has 9 heteroatoms. The number of phosphoric ester groups is 1. The van der Waals surface area contributed by atoms with Crippen molar-refractivity contribution >= 4 is 13.8 Å². The van der Waals surface area contributed by atoms with Gasteiger partial charge < -0.3 is 18.9 Å². The SMILES string of the molecule is CC/C=C\C/C=C\C/C=C\C/C=C\CCCCCCCCCCC(=O)OC(COCCCCCCCCCC/C=C\C/C=C\C/C=C\CC)COP(=O)(O)OCC[N+](C)(C)C. The Balaban J connectivity index is 4.22. The molecule has 0 spiro atoms. The van der Waals surface area contributed by atoms with E-state index in [0.29, 0.717) is 24.1 Å². The molecule has 0 aliphatic heterocycles. The minimum absolute atomic E-state index is 0.0808. The molecular formula is C52H93NO7P+. The van der Waals surface area contributed by atoms with E-state index in [1.54, 1.807) is 0 Å². The van der Waals surface area contributed by atoms with Gasteiger partial charge in [-0.25, -0.2) is 4.57 Å². The smallest absolute Gasteiger partial charge is 0.457 e. The highest BCUT2D eigenvalue weighted by Gasteiger charge is 2.26. The van der Waals surface area contributed by atoms with Crippen molar-refractivity contribution in [2.75, 3.05) is 54.1 Å². The van der Waals surface area contributed by atoms with Crippen LogP contribution in [0.15, 0.2) is 85.1 Å². The summed E-state index contributed by atoms with van der Waals surface area (Å²) in [6, 6.07) is 0. The van der Waals surface area contributed by atoms with Crippen LogP contribution in [0, 0.1) is 0 Å². The average Bonchev–Trinajstić information content (AvgIpc) is 3.22. The number of carbonyl (C=O) groups excluding carboxylic acids is 1. The fourth-order valence-electron chi connectivity index (χ4n) is 6.26. The van der Waals surface area contributed by atoms with Crippen LogP contribution in [0.5, 0.6) is 0 Å². The molecule has 2 unspecified atom stereocenters. The molecule has 0 aliphatic carbocycles. The largest absolute Gasteiger partial charge is 0.472 e. The van der Waals surface area contributed by atoms with Gasteiger partial charge in [0.15, 0.2) is 0 Å². The highest BCUT2D eigenvalue weighted by atomic mass is 31.2. The van der Waals surface area contributed by atoms with E-state index in [1.165, 1.54) is 70.6 Å². The maximum absolute atomic E-state index is 12.8. The molecule has 0 fully saturated rings. The molecule has 0 aromatic heterocycles.